The Morgan fingerprint density at radius 2 is 2.04 bits per heavy atom. The number of nitrogens with one attached hydrogen (secondary N) is 1. The van der Waals surface area contributed by atoms with Crippen LogP contribution in [-0.2, 0) is 13.6 Å². The molecule has 3 rings (SSSR count). The molecule has 0 saturated heterocycles. The average molecular weight is 443 g/mol. The summed E-state index contributed by atoms with van der Waals surface area (Å²) in [7, 11) is 1.78. The molecular formula is C16H14BrCl2N5O. The van der Waals surface area contributed by atoms with E-state index >= 15 is 0 Å². The maximum Gasteiger partial charge on any atom is 0.277 e. The van der Waals surface area contributed by atoms with Crippen LogP contribution in [-0.4, -0.2) is 25.5 Å². The first-order chi connectivity index (χ1) is 11.8. The fraction of sp³-hybridized carbons (Fsp3) is 0.188. The van der Waals surface area contributed by atoms with Gasteiger partial charge in [0.2, 0.25) is 0 Å². The monoisotopic (exact) mass is 441 g/mol. The van der Waals surface area contributed by atoms with Crippen molar-refractivity contribution in [2.24, 2.45) is 7.05 Å². The molecular weight excluding hydrogens is 429 g/mol. The minimum absolute atomic E-state index is 0.320. The number of rotatable bonds is 4. The van der Waals surface area contributed by atoms with E-state index in [4.69, 9.17) is 23.2 Å². The molecule has 0 atom stereocenters. The van der Waals surface area contributed by atoms with Gasteiger partial charge in [0, 0.05) is 29.0 Å². The number of carbonyl (C=O) groups is 1. The van der Waals surface area contributed by atoms with Gasteiger partial charge in [0.05, 0.1) is 11.0 Å². The van der Waals surface area contributed by atoms with Gasteiger partial charge < -0.3 is 5.32 Å². The number of aromatic nitrogens is 4. The molecule has 0 bridgehead atoms. The van der Waals surface area contributed by atoms with Gasteiger partial charge in [0.25, 0.3) is 5.91 Å². The quantitative estimate of drug-likeness (QED) is 0.655. The number of nitrogens with zero attached hydrogens (tertiary/aromatic N) is 4. The number of hydrogen-bond acceptors (Lipinski definition) is 3. The Bertz CT molecular complexity index is 931. The van der Waals surface area contributed by atoms with Crippen molar-refractivity contribution in [1.82, 2.24) is 19.6 Å². The standard InChI is InChI=1S/C16H14BrCl2N5O/c1-9-5-14(21-23(9)2)16(25)20-15-12(17)8-24(22-15)7-10-3-4-11(18)6-13(10)19/h3-6,8H,7H2,1-2H3,(H,20,22,25). The van der Waals surface area contributed by atoms with E-state index in [9.17, 15) is 4.79 Å². The molecule has 0 aliphatic heterocycles. The van der Waals surface area contributed by atoms with Crippen LogP contribution in [0.5, 0.6) is 0 Å². The van der Waals surface area contributed by atoms with E-state index in [1.54, 1.807) is 40.8 Å². The third-order valence-corrected chi connectivity index (χ3v) is 4.81. The number of benzene rings is 1. The van der Waals surface area contributed by atoms with Crippen LogP contribution in [0.2, 0.25) is 10.0 Å². The van der Waals surface area contributed by atoms with Crippen LogP contribution in [0.1, 0.15) is 21.7 Å². The number of aryl methyl sites for hydroxylation is 2. The highest BCUT2D eigenvalue weighted by Crippen LogP contribution is 2.24. The lowest BCUT2D eigenvalue weighted by Gasteiger charge is -2.05. The molecule has 0 aliphatic carbocycles. The van der Waals surface area contributed by atoms with Crippen molar-refractivity contribution < 1.29 is 4.79 Å². The van der Waals surface area contributed by atoms with Crippen molar-refractivity contribution in [1.29, 1.82) is 0 Å². The largest absolute Gasteiger partial charge is 0.303 e. The summed E-state index contributed by atoms with van der Waals surface area (Å²) in [5.74, 6) is 0.0950. The third-order valence-electron chi connectivity index (χ3n) is 3.64. The third kappa shape index (κ3) is 4.05. The normalized spacial score (nSPS) is 10.9. The smallest absolute Gasteiger partial charge is 0.277 e. The zero-order chi connectivity index (χ0) is 18.1. The minimum atomic E-state index is -0.320. The first kappa shape index (κ1) is 18.0. The van der Waals surface area contributed by atoms with Crippen molar-refractivity contribution >= 4 is 50.9 Å². The Kier molecular flexibility index (Phi) is 5.17. The molecule has 2 heterocycles. The zero-order valence-electron chi connectivity index (χ0n) is 13.4. The molecule has 2 aromatic heterocycles. The van der Waals surface area contributed by atoms with E-state index in [2.05, 4.69) is 31.4 Å². The molecule has 3 aromatic rings. The molecule has 9 heteroatoms. The second-order valence-electron chi connectivity index (χ2n) is 5.51. The lowest BCUT2D eigenvalue weighted by Crippen LogP contribution is -2.14. The Balaban J connectivity index is 1.77. The van der Waals surface area contributed by atoms with Crippen LogP contribution >= 0.6 is 39.1 Å². The van der Waals surface area contributed by atoms with Gasteiger partial charge in [-0.1, -0.05) is 29.3 Å². The molecule has 0 saturated carbocycles. The summed E-state index contributed by atoms with van der Waals surface area (Å²) in [6.07, 6.45) is 1.77. The Hall–Kier alpha value is -1.83. The van der Waals surface area contributed by atoms with Crippen LogP contribution in [0.4, 0.5) is 5.82 Å². The highest BCUT2D eigenvalue weighted by molar-refractivity contribution is 9.10. The highest BCUT2D eigenvalue weighted by atomic mass is 79.9. The average Bonchev–Trinajstić information content (AvgIpc) is 3.05. The fourth-order valence-corrected chi connectivity index (χ4v) is 3.11. The topological polar surface area (TPSA) is 64.7 Å². The highest BCUT2D eigenvalue weighted by Gasteiger charge is 2.15. The summed E-state index contributed by atoms with van der Waals surface area (Å²) >= 11 is 15.5. The van der Waals surface area contributed by atoms with Gasteiger partial charge >= 0.3 is 0 Å². The number of amides is 1. The van der Waals surface area contributed by atoms with Crippen LogP contribution in [0.15, 0.2) is 34.9 Å². The number of hydrogen-bond donors (Lipinski definition) is 1. The number of halogens is 3. The predicted molar refractivity (Wildman–Crippen MR) is 101 cm³/mol. The van der Waals surface area contributed by atoms with Crippen LogP contribution in [0, 0.1) is 6.92 Å². The maximum atomic E-state index is 12.3. The van der Waals surface area contributed by atoms with Gasteiger partial charge in [0.15, 0.2) is 11.5 Å². The zero-order valence-corrected chi connectivity index (χ0v) is 16.5. The van der Waals surface area contributed by atoms with Crippen molar-refractivity contribution in [3.05, 3.63) is 61.9 Å². The molecule has 1 N–H and O–H groups in total. The second-order valence-corrected chi connectivity index (χ2v) is 7.21. The first-order valence-electron chi connectivity index (χ1n) is 7.32. The molecule has 1 aromatic carbocycles. The lowest BCUT2D eigenvalue weighted by molar-refractivity contribution is 0.102. The van der Waals surface area contributed by atoms with Gasteiger partial charge in [-0.25, -0.2) is 0 Å². The molecule has 0 spiro atoms. The lowest BCUT2D eigenvalue weighted by atomic mass is 10.2. The fourth-order valence-electron chi connectivity index (χ4n) is 2.23. The van der Waals surface area contributed by atoms with E-state index < -0.39 is 0 Å². The Labute approximate surface area is 162 Å². The minimum Gasteiger partial charge on any atom is -0.303 e. The van der Waals surface area contributed by atoms with Gasteiger partial charge in [-0.2, -0.15) is 10.2 Å². The van der Waals surface area contributed by atoms with Gasteiger partial charge in [-0.15, -0.1) is 0 Å². The predicted octanol–water partition coefficient (Wildman–Crippen LogP) is 4.29. The molecule has 0 aliphatic rings. The van der Waals surface area contributed by atoms with E-state index in [1.165, 1.54) is 0 Å². The molecule has 130 valence electrons. The van der Waals surface area contributed by atoms with Crippen LogP contribution < -0.4 is 5.32 Å². The molecule has 1 amide bonds. The van der Waals surface area contributed by atoms with Gasteiger partial charge in [-0.3, -0.25) is 14.2 Å². The number of carbonyl (C=O) groups excluding carboxylic acids is 1. The Morgan fingerprint density at radius 3 is 2.68 bits per heavy atom. The van der Waals surface area contributed by atoms with Crippen LogP contribution in [0.3, 0.4) is 0 Å². The SMILES string of the molecule is Cc1cc(C(=O)Nc2nn(Cc3ccc(Cl)cc3Cl)cc2Br)nn1C. The van der Waals surface area contributed by atoms with E-state index in [1.807, 2.05) is 13.0 Å². The molecule has 0 fully saturated rings. The van der Waals surface area contributed by atoms with Gasteiger partial charge in [0.1, 0.15) is 0 Å². The summed E-state index contributed by atoms with van der Waals surface area (Å²) in [6, 6.07) is 7.01. The van der Waals surface area contributed by atoms with Gasteiger partial charge in [-0.05, 0) is 46.6 Å². The van der Waals surface area contributed by atoms with Crippen molar-refractivity contribution in [2.75, 3.05) is 5.32 Å². The van der Waals surface area contributed by atoms with Crippen molar-refractivity contribution in [2.45, 2.75) is 13.5 Å². The number of anilines is 1. The summed E-state index contributed by atoms with van der Waals surface area (Å²) in [4.78, 5) is 12.3. The summed E-state index contributed by atoms with van der Waals surface area (Å²) in [6.45, 7) is 2.33. The Morgan fingerprint density at radius 1 is 1.28 bits per heavy atom. The molecule has 0 radical (unpaired) electrons. The summed E-state index contributed by atoms with van der Waals surface area (Å²) in [5.41, 5.74) is 2.11. The van der Waals surface area contributed by atoms with Crippen molar-refractivity contribution in [3.63, 3.8) is 0 Å². The molecule has 0 unspecified atom stereocenters. The van der Waals surface area contributed by atoms with E-state index in [0.29, 0.717) is 32.6 Å². The van der Waals surface area contributed by atoms with E-state index in [0.717, 1.165) is 11.3 Å². The van der Waals surface area contributed by atoms with E-state index in [-0.39, 0.29) is 5.91 Å². The maximum absolute atomic E-state index is 12.3. The second kappa shape index (κ2) is 7.19. The molecule has 6 nitrogen and oxygen atoms in total. The summed E-state index contributed by atoms with van der Waals surface area (Å²) in [5, 5.41) is 12.4. The molecule has 25 heavy (non-hydrogen) atoms. The summed E-state index contributed by atoms with van der Waals surface area (Å²) < 4.78 is 3.99. The van der Waals surface area contributed by atoms with Crippen LogP contribution in [0.25, 0.3) is 0 Å². The first-order valence-corrected chi connectivity index (χ1v) is 8.87. The van der Waals surface area contributed by atoms with Crippen molar-refractivity contribution in [3.8, 4) is 0 Å².